The minimum atomic E-state index is -0.935. The molecule has 4 heteroatoms. The van der Waals surface area contributed by atoms with Gasteiger partial charge in [-0.2, -0.15) is 0 Å². The molecular formula is C19H16ClNO2. The largest absolute Gasteiger partial charge is 0.478 e. The Morgan fingerprint density at radius 2 is 1.74 bits per heavy atom. The summed E-state index contributed by atoms with van der Waals surface area (Å²) < 4.78 is 0. The molecule has 1 heterocycles. The molecule has 0 aliphatic carbocycles. The first-order chi connectivity index (χ1) is 10.9. The van der Waals surface area contributed by atoms with Crippen LogP contribution in [0.15, 0.2) is 36.4 Å². The van der Waals surface area contributed by atoms with Gasteiger partial charge in [0.1, 0.15) is 0 Å². The van der Waals surface area contributed by atoms with Crippen molar-refractivity contribution in [1.82, 2.24) is 4.98 Å². The summed E-state index contributed by atoms with van der Waals surface area (Å²) in [5.41, 5.74) is 5.23. The first-order valence-electron chi connectivity index (χ1n) is 7.29. The van der Waals surface area contributed by atoms with Crippen LogP contribution < -0.4 is 0 Å². The van der Waals surface area contributed by atoms with Crippen molar-refractivity contribution in [2.75, 3.05) is 0 Å². The van der Waals surface area contributed by atoms with Gasteiger partial charge < -0.3 is 5.11 Å². The number of fused-ring (bicyclic) bond motifs is 1. The Bertz CT molecular complexity index is 930. The van der Waals surface area contributed by atoms with E-state index in [4.69, 9.17) is 16.6 Å². The number of carboxylic acid groups (broad SMARTS) is 1. The molecule has 0 atom stereocenters. The van der Waals surface area contributed by atoms with Crippen molar-refractivity contribution in [2.45, 2.75) is 20.8 Å². The van der Waals surface area contributed by atoms with Gasteiger partial charge >= 0.3 is 5.97 Å². The van der Waals surface area contributed by atoms with Gasteiger partial charge in [0, 0.05) is 16.0 Å². The number of rotatable bonds is 2. The molecule has 0 spiro atoms. The lowest BCUT2D eigenvalue weighted by atomic mass is 9.95. The Labute approximate surface area is 139 Å². The number of halogens is 1. The molecule has 0 fully saturated rings. The molecule has 116 valence electrons. The number of aromatic carboxylic acids is 1. The summed E-state index contributed by atoms with van der Waals surface area (Å²) in [5, 5.41) is 11.0. The maximum Gasteiger partial charge on any atom is 0.336 e. The smallest absolute Gasteiger partial charge is 0.336 e. The number of benzene rings is 2. The van der Waals surface area contributed by atoms with Crippen LogP contribution in [0, 0.1) is 20.8 Å². The lowest BCUT2D eigenvalue weighted by molar-refractivity contribution is 0.0698. The third-order valence-corrected chi connectivity index (χ3v) is 4.25. The lowest BCUT2D eigenvalue weighted by Gasteiger charge is -2.14. The van der Waals surface area contributed by atoms with Crippen LogP contribution in [-0.2, 0) is 0 Å². The molecule has 0 bridgehead atoms. The summed E-state index contributed by atoms with van der Waals surface area (Å²) in [7, 11) is 0. The fraction of sp³-hybridized carbons (Fsp3) is 0.158. The molecule has 2 aromatic carbocycles. The molecule has 3 aromatic rings. The fourth-order valence-electron chi connectivity index (χ4n) is 2.98. The zero-order chi connectivity index (χ0) is 16.7. The third-order valence-electron chi connectivity index (χ3n) is 4.00. The van der Waals surface area contributed by atoms with Gasteiger partial charge in [-0.3, -0.25) is 0 Å². The van der Waals surface area contributed by atoms with Crippen LogP contribution in [0.25, 0.3) is 22.2 Å². The van der Waals surface area contributed by atoms with E-state index < -0.39 is 5.97 Å². The number of nitrogens with zero attached hydrogens (tertiary/aromatic N) is 1. The summed E-state index contributed by atoms with van der Waals surface area (Å²) in [6.07, 6.45) is 0. The van der Waals surface area contributed by atoms with Gasteiger partial charge in [-0.1, -0.05) is 35.4 Å². The predicted molar refractivity (Wildman–Crippen MR) is 93.4 cm³/mol. The monoisotopic (exact) mass is 325 g/mol. The summed E-state index contributed by atoms with van der Waals surface area (Å²) in [6.45, 7) is 5.72. The number of aromatic nitrogens is 1. The standard InChI is InChI=1S/C19H16ClNO2/c1-10-8-11(2)17-15(9-10)16(19(22)23)12(3)18(21-17)13-4-6-14(20)7-5-13/h4-9H,1-3H3,(H,22,23). The molecular weight excluding hydrogens is 310 g/mol. The summed E-state index contributed by atoms with van der Waals surface area (Å²) in [5.74, 6) is -0.935. The van der Waals surface area contributed by atoms with E-state index >= 15 is 0 Å². The molecule has 23 heavy (non-hydrogen) atoms. The van der Waals surface area contributed by atoms with Crippen LogP contribution >= 0.6 is 11.6 Å². The molecule has 3 nitrogen and oxygen atoms in total. The highest BCUT2D eigenvalue weighted by molar-refractivity contribution is 6.30. The zero-order valence-corrected chi connectivity index (χ0v) is 13.9. The zero-order valence-electron chi connectivity index (χ0n) is 13.1. The van der Waals surface area contributed by atoms with Crippen molar-refractivity contribution in [3.8, 4) is 11.3 Å². The van der Waals surface area contributed by atoms with Gasteiger partial charge in [-0.15, -0.1) is 0 Å². The molecule has 0 aliphatic rings. The van der Waals surface area contributed by atoms with E-state index in [2.05, 4.69) is 0 Å². The van der Waals surface area contributed by atoms with Gasteiger partial charge in [0.15, 0.2) is 0 Å². The van der Waals surface area contributed by atoms with Gasteiger partial charge in [-0.25, -0.2) is 9.78 Å². The van der Waals surface area contributed by atoms with E-state index in [0.717, 1.165) is 22.2 Å². The van der Waals surface area contributed by atoms with Crippen molar-refractivity contribution in [2.24, 2.45) is 0 Å². The van der Waals surface area contributed by atoms with E-state index in [1.54, 1.807) is 19.1 Å². The normalized spacial score (nSPS) is 11.0. The van der Waals surface area contributed by atoms with Crippen molar-refractivity contribution < 1.29 is 9.90 Å². The van der Waals surface area contributed by atoms with Crippen LogP contribution in [0.1, 0.15) is 27.0 Å². The molecule has 0 radical (unpaired) electrons. The Morgan fingerprint density at radius 1 is 1.09 bits per heavy atom. The number of pyridine rings is 1. The second kappa shape index (κ2) is 5.67. The quantitative estimate of drug-likeness (QED) is 0.706. The van der Waals surface area contributed by atoms with Crippen LogP contribution in [-0.4, -0.2) is 16.1 Å². The van der Waals surface area contributed by atoms with E-state index in [1.165, 1.54) is 0 Å². The Kier molecular flexibility index (Phi) is 3.82. The predicted octanol–water partition coefficient (Wildman–Crippen LogP) is 5.18. The highest BCUT2D eigenvalue weighted by atomic mass is 35.5. The van der Waals surface area contributed by atoms with Crippen molar-refractivity contribution >= 4 is 28.5 Å². The van der Waals surface area contributed by atoms with Crippen LogP contribution in [0.4, 0.5) is 0 Å². The molecule has 0 saturated heterocycles. The average Bonchev–Trinajstić information content (AvgIpc) is 2.47. The second-order valence-corrected chi connectivity index (χ2v) is 6.19. The average molecular weight is 326 g/mol. The summed E-state index contributed by atoms with van der Waals surface area (Å²) in [6, 6.07) is 11.2. The Morgan fingerprint density at radius 3 is 2.35 bits per heavy atom. The number of aryl methyl sites for hydroxylation is 2. The molecule has 0 unspecified atom stereocenters. The number of carbonyl (C=O) groups is 1. The topological polar surface area (TPSA) is 50.2 Å². The maximum absolute atomic E-state index is 11.8. The van der Waals surface area contributed by atoms with E-state index in [-0.39, 0.29) is 0 Å². The first kappa shape index (κ1) is 15.5. The molecule has 0 aliphatic heterocycles. The number of hydrogen-bond acceptors (Lipinski definition) is 2. The molecule has 3 rings (SSSR count). The molecule has 1 aromatic heterocycles. The lowest BCUT2D eigenvalue weighted by Crippen LogP contribution is -2.06. The molecule has 1 N–H and O–H groups in total. The van der Waals surface area contributed by atoms with Crippen LogP contribution in [0.5, 0.6) is 0 Å². The van der Waals surface area contributed by atoms with Crippen molar-refractivity contribution in [3.63, 3.8) is 0 Å². The van der Waals surface area contributed by atoms with Crippen LogP contribution in [0.3, 0.4) is 0 Å². The van der Waals surface area contributed by atoms with E-state index in [9.17, 15) is 9.90 Å². The highest BCUT2D eigenvalue weighted by Crippen LogP contribution is 2.32. The maximum atomic E-state index is 11.8. The summed E-state index contributed by atoms with van der Waals surface area (Å²) >= 11 is 5.94. The van der Waals surface area contributed by atoms with Gasteiger partial charge in [0.25, 0.3) is 0 Å². The highest BCUT2D eigenvalue weighted by Gasteiger charge is 2.19. The Balaban J connectivity index is 2.42. The fourth-order valence-corrected chi connectivity index (χ4v) is 3.11. The third kappa shape index (κ3) is 2.68. The minimum Gasteiger partial charge on any atom is -0.478 e. The molecule has 0 saturated carbocycles. The van der Waals surface area contributed by atoms with E-state index in [1.807, 2.05) is 38.1 Å². The van der Waals surface area contributed by atoms with Gasteiger partial charge in [0.2, 0.25) is 0 Å². The SMILES string of the molecule is Cc1cc(C)c2nc(-c3ccc(Cl)cc3)c(C)c(C(=O)O)c2c1. The second-order valence-electron chi connectivity index (χ2n) is 5.75. The molecule has 0 amide bonds. The minimum absolute atomic E-state index is 0.312. The Hall–Kier alpha value is -2.39. The van der Waals surface area contributed by atoms with Crippen LogP contribution in [0.2, 0.25) is 5.02 Å². The van der Waals surface area contributed by atoms with Crippen molar-refractivity contribution in [1.29, 1.82) is 0 Å². The summed E-state index contributed by atoms with van der Waals surface area (Å²) in [4.78, 5) is 16.6. The first-order valence-corrected chi connectivity index (χ1v) is 7.67. The van der Waals surface area contributed by atoms with Gasteiger partial charge in [0.05, 0.1) is 16.8 Å². The van der Waals surface area contributed by atoms with E-state index in [0.29, 0.717) is 27.2 Å². The number of hydrogen-bond donors (Lipinski definition) is 1. The number of carboxylic acids is 1. The van der Waals surface area contributed by atoms with Gasteiger partial charge in [-0.05, 0) is 50.1 Å². The van der Waals surface area contributed by atoms with Crippen molar-refractivity contribution in [3.05, 3.63) is 63.7 Å².